The summed E-state index contributed by atoms with van der Waals surface area (Å²) < 4.78 is 0. The minimum Gasteiger partial charge on any atom is -0.364 e. The summed E-state index contributed by atoms with van der Waals surface area (Å²) in [6.45, 7) is 11.0. The van der Waals surface area contributed by atoms with E-state index in [4.69, 9.17) is 0 Å². The molecule has 0 aromatic carbocycles. The standard InChI is InChI=1S/C6H11N.H2/c1-5(2)7-6(3)4;/h7H,1,3H2,2,4H3;1H. The van der Waals surface area contributed by atoms with Crippen molar-refractivity contribution in [3.8, 4) is 0 Å². The second kappa shape index (κ2) is 2.45. The molecule has 1 heteroatoms. The third-order valence-electron chi connectivity index (χ3n) is 0.427. The van der Waals surface area contributed by atoms with Crippen LogP contribution in [0.1, 0.15) is 15.3 Å². The van der Waals surface area contributed by atoms with Gasteiger partial charge >= 0.3 is 0 Å². The van der Waals surface area contributed by atoms with Gasteiger partial charge in [-0.3, -0.25) is 0 Å². The maximum Gasteiger partial charge on any atom is 0.00441 e. The maximum atomic E-state index is 3.62. The molecule has 0 fully saturated rings. The Labute approximate surface area is 46.2 Å². The topological polar surface area (TPSA) is 12.0 Å². The van der Waals surface area contributed by atoms with Gasteiger partial charge in [-0.1, -0.05) is 13.2 Å². The molecule has 0 aromatic heterocycles. The SMILES string of the molecule is C=C(C)NC(=C)C.[HH]. The first-order chi connectivity index (χ1) is 3.13. The van der Waals surface area contributed by atoms with Crippen LogP contribution in [-0.4, -0.2) is 0 Å². The van der Waals surface area contributed by atoms with Crippen LogP contribution >= 0.6 is 0 Å². The van der Waals surface area contributed by atoms with Gasteiger partial charge in [-0.15, -0.1) is 0 Å². The van der Waals surface area contributed by atoms with E-state index >= 15 is 0 Å². The predicted molar refractivity (Wildman–Crippen MR) is 34.9 cm³/mol. The minimum absolute atomic E-state index is 0. The van der Waals surface area contributed by atoms with Crippen LogP contribution in [0.5, 0.6) is 0 Å². The summed E-state index contributed by atoms with van der Waals surface area (Å²) in [5.41, 5.74) is 1.88. The summed E-state index contributed by atoms with van der Waals surface area (Å²) in [5.74, 6) is 0. The summed E-state index contributed by atoms with van der Waals surface area (Å²) in [7, 11) is 0. The zero-order valence-electron chi connectivity index (χ0n) is 4.91. The highest BCUT2D eigenvalue weighted by molar-refractivity contribution is 4.98. The van der Waals surface area contributed by atoms with Crippen molar-refractivity contribution in [1.29, 1.82) is 0 Å². The molecule has 0 rings (SSSR count). The molecule has 1 nitrogen and oxygen atoms in total. The first kappa shape index (κ1) is 6.28. The van der Waals surface area contributed by atoms with Crippen molar-refractivity contribution in [3.63, 3.8) is 0 Å². The second-order valence-corrected chi connectivity index (χ2v) is 1.69. The van der Waals surface area contributed by atoms with Crippen LogP contribution in [0.15, 0.2) is 24.6 Å². The maximum absolute atomic E-state index is 3.62. The van der Waals surface area contributed by atoms with E-state index in [0.29, 0.717) is 0 Å². The number of rotatable bonds is 2. The number of nitrogens with one attached hydrogen (secondary N) is 1. The lowest BCUT2D eigenvalue weighted by Crippen LogP contribution is -2.04. The highest BCUT2D eigenvalue weighted by Gasteiger charge is 1.77. The molecule has 0 saturated heterocycles. The molecular weight excluding hydrogens is 86.1 g/mol. The second-order valence-electron chi connectivity index (χ2n) is 1.69. The van der Waals surface area contributed by atoms with Crippen LogP contribution < -0.4 is 5.32 Å². The highest BCUT2D eigenvalue weighted by atomic mass is 14.9. The Morgan fingerprint density at radius 3 is 1.57 bits per heavy atom. The largest absolute Gasteiger partial charge is 0.364 e. The van der Waals surface area contributed by atoms with E-state index in [1.165, 1.54) is 0 Å². The van der Waals surface area contributed by atoms with Gasteiger partial charge < -0.3 is 5.32 Å². The molecule has 0 aliphatic rings. The fourth-order valence-electron chi connectivity index (χ4n) is 0.364. The fraction of sp³-hybridized carbons (Fsp3) is 0.333. The van der Waals surface area contributed by atoms with E-state index in [2.05, 4.69) is 18.5 Å². The molecule has 42 valence electrons. The van der Waals surface area contributed by atoms with Crippen molar-refractivity contribution in [2.24, 2.45) is 0 Å². The molecule has 0 aromatic rings. The molecule has 0 radical (unpaired) electrons. The molecule has 7 heavy (non-hydrogen) atoms. The zero-order chi connectivity index (χ0) is 5.86. The Bertz CT molecular complexity index is 84.7. The molecule has 0 heterocycles. The Morgan fingerprint density at radius 1 is 1.29 bits per heavy atom. The van der Waals surface area contributed by atoms with Crippen molar-refractivity contribution in [3.05, 3.63) is 24.6 Å². The molecule has 0 aliphatic carbocycles. The van der Waals surface area contributed by atoms with Gasteiger partial charge in [-0.2, -0.15) is 0 Å². The molecule has 0 saturated carbocycles. The molecule has 0 amide bonds. The first-order valence-electron chi connectivity index (χ1n) is 2.21. The van der Waals surface area contributed by atoms with Gasteiger partial charge in [0.25, 0.3) is 0 Å². The van der Waals surface area contributed by atoms with Gasteiger partial charge in [0.1, 0.15) is 0 Å². The Balaban J connectivity index is 0. The van der Waals surface area contributed by atoms with E-state index in [1.54, 1.807) is 0 Å². The van der Waals surface area contributed by atoms with E-state index in [0.717, 1.165) is 11.4 Å². The average molecular weight is 99.2 g/mol. The molecule has 0 bridgehead atoms. The van der Waals surface area contributed by atoms with Crippen molar-refractivity contribution in [2.75, 3.05) is 0 Å². The third-order valence-corrected chi connectivity index (χ3v) is 0.427. The van der Waals surface area contributed by atoms with Crippen LogP contribution in [0.3, 0.4) is 0 Å². The number of hydrogen-bond donors (Lipinski definition) is 1. The number of allylic oxidation sites excluding steroid dienone is 2. The normalized spacial score (nSPS) is 7.71. The van der Waals surface area contributed by atoms with Crippen LogP contribution in [0.2, 0.25) is 0 Å². The Hall–Kier alpha value is -0.720. The van der Waals surface area contributed by atoms with E-state index < -0.39 is 0 Å². The quantitative estimate of drug-likeness (QED) is 0.557. The molecule has 0 spiro atoms. The first-order valence-corrected chi connectivity index (χ1v) is 2.21. The fourth-order valence-corrected chi connectivity index (χ4v) is 0.364. The van der Waals surface area contributed by atoms with Gasteiger partial charge in [0, 0.05) is 12.8 Å². The highest BCUT2D eigenvalue weighted by Crippen LogP contribution is 1.84. The lowest BCUT2D eigenvalue weighted by atomic mass is 10.5. The van der Waals surface area contributed by atoms with Crippen molar-refractivity contribution in [2.45, 2.75) is 13.8 Å². The van der Waals surface area contributed by atoms with Crippen LogP contribution in [-0.2, 0) is 0 Å². The predicted octanol–water partition coefficient (Wildman–Crippen LogP) is 1.89. The third kappa shape index (κ3) is 5.28. The minimum atomic E-state index is 0. The Morgan fingerprint density at radius 2 is 1.57 bits per heavy atom. The molecule has 1 N–H and O–H groups in total. The Kier molecular flexibility index (Phi) is 2.20. The van der Waals surface area contributed by atoms with Crippen LogP contribution in [0.4, 0.5) is 0 Å². The van der Waals surface area contributed by atoms with Gasteiger partial charge in [0.15, 0.2) is 0 Å². The lowest BCUT2D eigenvalue weighted by Gasteiger charge is -1.99. The molecular formula is C6H13N. The molecule has 0 atom stereocenters. The van der Waals surface area contributed by atoms with Crippen LogP contribution in [0.25, 0.3) is 0 Å². The van der Waals surface area contributed by atoms with Crippen LogP contribution in [0, 0.1) is 0 Å². The summed E-state index contributed by atoms with van der Waals surface area (Å²) in [5, 5.41) is 2.92. The van der Waals surface area contributed by atoms with Crippen molar-refractivity contribution < 1.29 is 1.43 Å². The van der Waals surface area contributed by atoms with E-state index in [-0.39, 0.29) is 1.43 Å². The molecule has 0 aliphatic heterocycles. The summed E-state index contributed by atoms with van der Waals surface area (Å²) in [4.78, 5) is 0. The smallest absolute Gasteiger partial charge is 0.00441 e. The lowest BCUT2D eigenvalue weighted by molar-refractivity contribution is 0.982. The summed E-state index contributed by atoms with van der Waals surface area (Å²) >= 11 is 0. The zero-order valence-corrected chi connectivity index (χ0v) is 4.91. The van der Waals surface area contributed by atoms with E-state index in [1.807, 2.05) is 13.8 Å². The molecule has 0 unspecified atom stereocenters. The summed E-state index contributed by atoms with van der Waals surface area (Å²) in [6.07, 6.45) is 0. The van der Waals surface area contributed by atoms with Gasteiger partial charge in [0.2, 0.25) is 0 Å². The van der Waals surface area contributed by atoms with E-state index in [9.17, 15) is 0 Å². The monoisotopic (exact) mass is 99.1 g/mol. The summed E-state index contributed by atoms with van der Waals surface area (Å²) in [6, 6.07) is 0. The van der Waals surface area contributed by atoms with Crippen molar-refractivity contribution in [1.82, 2.24) is 5.32 Å². The van der Waals surface area contributed by atoms with Gasteiger partial charge in [0.05, 0.1) is 0 Å². The van der Waals surface area contributed by atoms with Crippen molar-refractivity contribution >= 4 is 0 Å². The number of hydrogen-bond acceptors (Lipinski definition) is 1. The van der Waals surface area contributed by atoms with Gasteiger partial charge in [-0.05, 0) is 13.8 Å². The average Bonchev–Trinajstić information content (AvgIpc) is 1.27. The van der Waals surface area contributed by atoms with Gasteiger partial charge in [-0.25, -0.2) is 0 Å².